The Balaban J connectivity index is 1.68. The molecule has 0 spiro atoms. The number of carbonyl (C=O) groups is 1. The predicted molar refractivity (Wildman–Crippen MR) is 97.5 cm³/mol. The molecule has 0 fully saturated rings. The average Bonchev–Trinajstić information content (AvgIpc) is 2.61. The molecule has 1 aromatic heterocycles. The lowest BCUT2D eigenvalue weighted by molar-refractivity contribution is -0.118. The number of anilines is 1. The molecule has 25 heavy (non-hydrogen) atoms. The summed E-state index contributed by atoms with van der Waals surface area (Å²) in [5.74, 6) is 0.726. The first-order chi connectivity index (χ1) is 12.1. The van der Waals surface area contributed by atoms with Crippen molar-refractivity contribution in [2.75, 3.05) is 11.9 Å². The highest BCUT2D eigenvalue weighted by atomic mass is 16.5. The number of aromatic nitrogens is 2. The molecule has 5 heteroatoms. The van der Waals surface area contributed by atoms with Gasteiger partial charge in [-0.15, -0.1) is 0 Å². The highest BCUT2D eigenvalue weighted by Gasteiger charge is 2.08. The van der Waals surface area contributed by atoms with Gasteiger partial charge in [0.25, 0.3) is 5.91 Å². The van der Waals surface area contributed by atoms with Crippen molar-refractivity contribution in [1.82, 2.24) is 9.97 Å². The van der Waals surface area contributed by atoms with Crippen molar-refractivity contribution in [2.45, 2.75) is 13.8 Å². The Morgan fingerprint density at radius 3 is 2.44 bits per heavy atom. The highest BCUT2D eigenvalue weighted by molar-refractivity contribution is 5.91. The van der Waals surface area contributed by atoms with E-state index in [0.29, 0.717) is 11.7 Å². The molecular formula is C20H19N3O2. The molecule has 0 aliphatic heterocycles. The van der Waals surface area contributed by atoms with Crippen molar-refractivity contribution >= 4 is 11.6 Å². The molecule has 0 radical (unpaired) electrons. The summed E-state index contributed by atoms with van der Waals surface area (Å²) >= 11 is 0. The number of aryl methyl sites for hydroxylation is 2. The Bertz CT molecular complexity index is 862. The van der Waals surface area contributed by atoms with E-state index < -0.39 is 0 Å². The molecule has 3 rings (SSSR count). The van der Waals surface area contributed by atoms with Crippen molar-refractivity contribution in [3.8, 4) is 17.3 Å². The summed E-state index contributed by atoms with van der Waals surface area (Å²) in [6.07, 6.45) is 0. The van der Waals surface area contributed by atoms with Gasteiger partial charge in [0.15, 0.2) is 12.4 Å². The summed E-state index contributed by atoms with van der Waals surface area (Å²) in [6.45, 7) is 3.79. The molecular weight excluding hydrogens is 314 g/mol. The van der Waals surface area contributed by atoms with Crippen LogP contribution in [0.3, 0.4) is 0 Å². The monoisotopic (exact) mass is 333 g/mol. The van der Waals surface area contributed by atoms with Crippen molar-refractivity contribution in [3.05, 3.63) is 71.9 Å². The lowest BCUT2D eigenvalue weighted by atomic mass is 10.1. The number of rotatable bonds is 5. The number of hydrogen-bond donors (Lipinski definition) is 1. The first-order valence-corrected chi connectivity index (χ1v) is 8.00. The number of benzene rings is 2. The van der Waals surface area contributed by atoms with Crippen LogP contribution in [0.15, 0.2) is 60.7 Å². The Kier molecular flexibility index (Phi) is 5.04. The summed E-state index contributed by atoms with van der Waals surface area (Å²) < 4.78 is 5.54. The zero-order chi connectivity index (χ0) is 17.6. The fraction of sp³-hybridized carbons (Fsp3) is 0.150. The third-order valence-electron chi connectivity index (χ3n) is 3.55. The third kappa shape index (κ3) is 4.64. The number of para-hydroxylation sites is 1. The first-order valence-electron chi connectivity index (χ1n) is 8.00. The molecule has 0 aliphatic carbocycles. The van der Waals surface area contributed by atoms with Gasteiger partial charge in [0, 0.05) is 23.0 Å². The van der Waals surface area contributed by atoms with Crippen molar-refractivity contribution in [2.24, 2.45) is 0 Å². The van der Waals surface area contributed by atoms with Crippen LogP contribution >= 0.6 is 0 Å². The summed E-state index contributed by atoms with van der Waals surface area (Å²) in [5.41, 5.74) is 3.60. The van der Waals surface area contributed by atoms with Gasteiger partial charge in [0.2, 0.25) is 5.88 Å². The fourth-order valence-corrected chi connectivity index (χ4v) is 2.30. The van der Waals surface area contributed by atoms with E-state index in [9.17, 15) is 4.79 Å². The van der Waals surface area contributed by atoms with Crippen LogP contribution in [0.4, 0.5) is 5.69 Å². The minimum Gasteiger partial charge on any atom is -0.467 e. The SMILES string of the molecule is Cc1ccc(-c2nc(C)cc(OCC(=O)Nc3ccccc3)n2)cc1. The van der Waals surface area contributed by atoms with Crippen LogP contribution in [0, 0.1) is 13.8 Å². The molecule has 1 heterocycles. The Morgan fingerprint density at radius 2 is 1.72 bits per heavy atom. The van der Waals surface area contributed by atoms with Crippen molar-refractivity contribution < 1.29 is 9.53 Å². The van der Waals surface area contributed by atoms with Gasteiger partial charge in [-0.3, -0.25) is 4.79 Å². The highest BCUT2D eigenvalue weighted by Crippen LogP contribution is 2.19. The largest absolute Gasteiger partial charge is 0.467 e. The molecule has 3 aromatic rings. The minimum atomic E-state index is -0.237. The molecule has 0 atom stereocenters. The molecule has 5 nitrogen and oxygen atoms in total. The van der Waals surface area contributed by atoms with Gasteiger partial charge in [-0.25, -0.2) is 4.98 Å². The maximum Gasteiger partial charge on any atom is 0.262 e. The molecule has 1 N–H and O–H groups in total. The lowest BCUT2D eigenvalue weighted by Crippen LogP contribution is -2.20. The van der Waals surface area contributed by atoms with Crippen LogP contribution < -0.4 is 10.1 Å². The second-order valence-electron chi connectivity index (χ2n) is 5.74. The van der Waals surface area contributed by atoms with Crippen LogP contribution in [0.5, 0.6) is 5.88 Å². The van der Waals surface area contributed by atoms with Crippen LogP contribution in [0.25, 0.3) is 11.4 Å². The van der Waals surface area contributed by atoms with Gasteiger partial charge >= 0.3 is 0 Å². The second-order valence-corrected chi connectivity index (χ2v) is 5.74. The molecule has 0 aliphatic rings. The van der Waals surface area contributed by atoms with Gasteiger partial charge in [-0.2, -0.15) is 4.98 Å². The average molecular weight is 333 g/mol. The van der Waals surface area contributed by atoms with E-state index in [2.05, 4.69) is 15.3 Å². The van der Waals surface area contributed by atoms with Gasteiger partial charge in [-0.1, -0.05) is 48.0 Å². The summed E-state index contributed by atoms with van der Waals surface area (Å²) in [7, 11) is 0. The Hall–Kier alpha value is -3.21. The second kappa shape index (κ2) is 7.57. The summed E-state index contributed by atoms with van der Waals surface area (Å²) in [6, 6.07) is 18.9. The first kappa shape index (κ1) is 16.6. The van der Waals surface area contributed by atoms with Crippen LogP contribution in [0.1, 0.15) is 11.3 Å². The van der Waals surface area contributed by atoms with Crippen LogP contribution in [0.2, 0.25) is 0 Å². The normalized spacial score (nSPS) is 10.3. The fourth-order valence-electron chi connectivity index (χ4n) is 2.30. The topological polar surface area (TPSA) is 64.1 Å². The van der Waals surface area contributed by atoms with E-state index in [0.717, 1.165) is 16.9 Å². The summed E-state index contributed by atoms with van der Waals surface area (Å²) in [4.78, 5) is 20.8. The van der Waals surface area contributed by atoms with E-state index in [1.165, 1.54) is 5.56 Å². The zero-order valence-corrected chi connectivity index (χ0v) is 14.2. The molecule has 2 aromatic carbocycles. The van der Waals surface area contributed by atoms with E-state index in [-0.39, 0.29) is 12.5 Å². The molecule has 1 amide bonds. The third-order valence-corrected chi connectivity index (χ3v) is 3.55. The van der Waals surface area contributed by atoms with Gasteiger partial charge in [0.05, 0.1) is 0 Å². The Morgan fingerprint density at radius 1 is 1.00 bits per heavy atom. The van der Waals surface area contributed by atoms with E-state index in [4.69, 9.17) is 4.74 Å². The van der Waals surface area contributed by atoms with Crippen molar-refractivity contribution in [1.29, 1.82) is 0 Å². The van der Waals surface area contributed by atoms with E-state index >= 15 is 0 Å². The summed E-state index contributed by atoms with van der Waals surface area (Å²) in [5, 5.41) is 2.77. The van der Waals surface area contributed by atoms with Crippen LogP contribution in [-0.4, -0.2) is 22.5 Å². The Labute approximate surface area is 146 Å². The van der Waals surface area contributed by atoms with Gasteiger partial charge in [0.1, 0.15) is 0 Å². The molecule has 0 bridgehead atoms. The van der Waals surface area contributed by atoms with Gasteiger partial charge < -0.3 is 10.1 Å². The van der Waals surface area contributed by atoms with E-state index in [1.54, 1.807) is 6.07 Å². The quantitative estimate of drug-likeness (QED) is 0.772. The smallest absolute Gasteiger partial charge is 0.262 e. The van der Waals surface area contributed by atoms with Crippen LogP contribution in [-0.2, 0) is 4.79 Å². The number of nitrogens with zero attached hydrogens (tertiary/aromatic N) is 2. The van der Waals surface area contributed by atoms with Gasteiger partial charge in [-0.05, 0) is 26.0 Å². The number of ether oxygens (including phenoxy) is 1. The standard InChI is InChI=1S/C20H19N3O2/c1-14-8-10-16(11-9-14)20-21-15(2)12-19(23-20)25-13-18(24)22-17-6-4-3-5-7-17/h3-12H,13H2,1-2H3,(H,22,24). The number of carbonyl (C=O) groups excluding carboxylic acids is 1. The molecule has 0 unspecified atom stereocenters. The number of hydrogen-bond acceptors (Lipinski definition) is 4. The molecule has 0 saturated carbocycles. The molecule has 0 saturated heterocycles. The van der Waals surface area contributed by atoms with E-state index in [1.807, 2.05) is 68.4 Å². The zero-order valence-electron chi connectivity index (χ0n) is 14.2. The minimum absolute atomic E-state index is 0.112. The van der Waals surface area contributed by atoms with Crippen molar-refractivity contribution in [3.63, 3.8) is 0 Å². The number of nitrogens with one attached hydrogen (secondary N) is 1. The lowest BCUT2D eigenvalue weighted by Gasteiger charge is -2.09. The molecule has 126 valence electrons. The maximum atomic E-state index is 12.0. The number of amides is 1. The maximum absolute atomic E-state index is 12.0. The predicted octanol–water partition coefficient (Wildman–Crippen LogP) is 3.78.